The zero-order chi connectivity index (χ0) is 15.2. The molecule has 0 spiro atoms. The summed E-state index contributed by atoms with van der Waals surface area (Å²) in [5.41, 5.74) is 1.10. The van der Waals surface area contributed by atoms with Crippen molar-refractivity contribution in [3.05, 3.63) is 35.4 Å². The van der Waals surface area contributed by atoms with E-state index in [2.05, 4.69) is 25.7 Å². The number of carbonyl (C=O) groups excluding carboxylic acids is 1. The first-order valence-corrected chi connectivity index (χ1v) is 6.77. The van der Waals surface area contributed by atoms with Crippen molar-refractivity contribution in [1.29, 1.82) is 5.26 Å². The predicted molar refractivity (Wildman–Crippen MR) is 78.5 cm³/mol. The van der Waals surface area contributed by atoms with E-state index in [0.717, 1.165) is 0 Å². The van der Waals surface area contributed by atoms with E-state index in [1.54, 1.807) is 24.3 Å². The highest BCUT2D eigenvalue weighted by molar-refractivity contribution is 5.96. The molecule has 0 aliphatic heterocycles. The van der Waals surface area contributed by atoms with E-state index >= 15 is 0 Å². The Morgan fingerprint density at radius 1 is 1.25 bits per heavy atom. The zero-order valence-corrected chi connectivity index (χ0v) is 12.4. The summed E-state index contributed by atoms with van der Waals surface area (Å²) >= 11 is 0. The van der Waals surface area contributed by atoms with Crippen LogP contribution >= 0.6 is 0 Å². The number of hydrogen-bond acceptors (Lipinski definition) is 4. The van der Waals surface area contributed by atoms with Crippen LogP contribution in [0, 0.1) is 11.3 Å². The fraction of sp³-hybridized carbons (Fsp3) is 0.500. The molecule has 1 aromatic carbocycles. The molecule has 1 N–H and O–H groups in total. The van der Waals surface area contributed by atoms with Crippen LogP contribution in [0.3, 0.4) is 0 Å². The van der Waals surface area contributed by atoms with Crippen LogP contribution in [0.2, 0.25) is 0 Å². The van der Waals surface area contributed by atoms with Crippen molar-refractivity contribution < 1.29 is 9.90 Å². The van der Waals surface area contributed by atoms with Gasteiger partial charge < -0.3 is 5.11 Å². The maximum Gasteiger partial charge on any atom is 0.164 e. The summed E-state index contributed by atoms with van der Waals surface area (Å²) in [6, 6.07) is 8.72. The Balaban J connectivity index is 2.63. The second-order valence-electron chi connectivity index (χ2n) is 5.74. The third-order valence-corrected chi connectivity index (χ3v) is 3.26. The van der Waals surface area contributed by atoms with Crippen LogP contribution in [0.25, 0.3) is 0 Å². The molecule has 1 rings (SSSR count). The number of rotatable bonds is 6. The maximum absolute atomic E-state index is 12.1. The van der Waals surface area contributed by atoms with Gasteiger partial charge in [0.05, 0.1) is 18.2 Å². The van der Waals surface area contributed by atoms with Crippen LogP contribution in [0.1, 0.15) is 43.1 Å². The first-order valence-electron chi connectivity index (χ1n) is 6.77. The number of hydrogen-bond donors (Lipinski definition) is 1. The van der Waals surface area contributed by atoms with E-state index in [9.17, 15) is 4.79 Å². The van der Waals surface area contributed by atoms with Crippen molar-refractivity contribution in [2.75, 3.05) is 19.7 Å². The molecule has 0 aliphatic rings. The molecule has 0 aliphatic carbocycles. The maximum atomic E-state index is 12.1. The number of carbonyl (C=O) groups is 1. The Morgan fingerprint density at radius 3 is 2.30 bits per heavy atom. The number of aliphatic hydroxyl groups excluding tert-OH is 1. The summed E-state index contributed by atoms with van der Waals surface area (Å²) in [5, 5.41) is 17.8. The molecule has 0 saturated carbocycles. The van der Waals surface area contributed by atoms with Gasteiger partial charge in [-0.25, -0.2) is 0 Å². The summed E-state index contributed by atoms with van der Waals surface area (Å²) in [4.78, 5) is 14.2. The van der Waals surface area contributed by atoms with E-state index < -0.39 is 0 Å². The number of nitriles is 1. The molecule has 4 nitrogen and oxygen atoms in total. The van der Waals surface area contributed by atoms with Crippen molar-refractivity contribution in [2.45, 2.75) is 32.7 Å². The van der Waals surface area contributed by atoms with Crippen LogP contribution in [0.15, 0.2) is 24.3 Å². The molecule has 4 heteroatoms. The molecule has 0 atom stereocenters. The third-order valence-electron chi connectivity index (χ3n) is 3.26. The monoisotopic (exact) mass is 274 g/mol. The van der Waals surface area contributed by atoms with Crippen LogP contribution in [-0.4, -0.2) is 41.0 Å². The number of nitrogens with zero attached hydrogens (tertiary/aromatic N) is 2. The molecule has 0 amide bonds. The highest BCUT2D eigenvalue weighted by Gasteiger charge is 2.21. The summed E-state index contributed by atoms with van der Waals surface area (Å²) in [5.74, 6) is 0.0571. The van der Waals surface area contributed by atoms with Gasteiger partial charge >= 0.3 is 0 Å². The molecule has 0 fully saturated rings. The molecule has 0 radical (unpaired) electrons. The smallest absolute Gasteiger partial charge is 0.164 e. The molecule has 0 heterocycles. The van der Waals surface area contributed by atoms with E-state index in [-0.39, 0.29) is 17.9 Å². The second kappa shape index (κ2) is 7.18. The normalized spacial score (nSPS) is 11.4. The largest absolute Gasteiger partial charge is 0.395 e. The minimum Gasteiger partial charge on any atom is -0.395 e. The minimum atomic E-state index is -0.0757. The topological polar surface area (TPSA) is 64.3 Å². The number of benzene rings is 1. The lowest BCUT2D eigenvalue weighted by Gasteiger charge is -2.35. The number of β-amino-alcohol motifs (C(OH)–C–C–N with tert-alkyl or cyclic N) is 1. The second-order valence-corrected chi connectivity index (χ2v) is 5.74. The SMILES string of the molecule is CC(C)(C)N(CCO)CCC(=O)c1ccc(C#N)cc1. The Labute approximate surface area is 120 Å². The standard InChI is InChI=1S/C16H22N2O2/c1-16(2,3)18(10-11-19)9-8-15(20)14-6-4-13(12-17)5-7-14/h4-7,19H,8-11H2,1-3H3. The molecule has 0 unspecified atom stereocenters. The first kappa shape index (κ1) is 16.4. The first-order chi connectivity index (χ1) is 9.38. The van der Waals surface area contributed by atoms with Gasteiger partial charge in [0, 0.05) is 30.6 Å². The highest BCUT2D eigenvalue weighted by atomic mass is 16.3. The fourth-order valence-corrected chi connectivity index (χ4v) is 2.01. The van der Waals surface area contributed by atoms with Gasteiger partial charge in [0.2, 0.25) is 0 Å². The van der Waals surface area contributed by atoms with Crippen LogP contribution < -0.4 is 0 Å². The average molecular weight is 274 g/mol. The van der Waals surface area contributed by atoms with Gasteiger partial charge in [-0.3, -0.25) is 9.69 Å². The van der Waals surface area contributed by atoms with Crippen molar-refractivity contribution >= 4 is 5.78 Å². The Kier molecular flexibility index (Phi) is 5.87. The van der Waals surface area contributed by atoms with E-state index in [1.807, 2.05) is 6.07 Å². The summed E-state index contributed by atoms with van der Waals surface area (Å²) in [6.07, 6.45) is 0.406. The molecular formula is C16H22N2O2. The number of ketones is 1. The Hall–Kier alpha value is -1.70. The molecule has 0 aromatic heterocycles. The minimum absolute atomic E-state index is 0.0571. The summed E-state index contributed by atoms with van der Waals surface area (Å²) in [7, 11) is 0. The quantitative estimate of drug-likeness (QED) is 0.808. The van der Waals surface area contributed by atoms with Crippen molar-refractivity contribution in [1.82, 2.24) is 4.90 Å². The summed E-state index contributed by atoms with van der Waals surface area (Å²) < 4.78 is 0. The molecule has 108 valence electrons. The lowest BCUT2D eigenvalue weighted by atomic mass is 10.0. The third kappa shape index (κ3) is 4.76. The van der Waals surface area contributed by atoms with Crippen molar-refractivity contribution in [3.8, 4) is 6.07 Å². The Morgan fingerprint density at radius 2 is 1.85 bits per heavy atom. The molecule has 20 heavy (non-hydrogen) atoms. The molecule has 0 bridgehead atoms. The van der Waals surface area contributed by atoms with Crippen LogP contribution in [0.5, 0.6) is 0 Å². The van der Waals surface area contributed by atoms with Gasteiger partial charge in [0.1, 0.15) is 0 Å². The predicted octanol–water partition coefficient (Wildman–Crippen LogP) is 2.22. The molecule has 0 saturated heterocycles. The average Bonchev–Trinajstić information content (AvgIpc) is 2.42. The number of aliphatic hydroxyl groups is 1. The van der Waals surface area contributed by atoms with Gasteiger partial charge in [0.25, 0.3) is 0 Å². The van der Waals surface area contributed by atoms with Crippen LogP contribution in [0.4, 0.5) is 0 Å². The fourth-order valence-electron chi connectivity index (χ4n) is 2.01. The van der Waals surface area contributed by atoms with Gasteiger partial charge in [-0.05, 0) is 32.9 Å². The van der Waals surface area contributed by atoms with Crippen LogP contribution in [-0.2, 0) is 0 Å². The van der Waals surface area contributed by atoms with E-state index in [1.165, 1.54) is 0 Å². The zero-order valence-electron chi connectivity index (χ0n) is 12.4. The van der Waals surface area contributed by atoms with Crippen molar-refractivity contribution in [3.63, 3.8) is 0 Å². The highest BCUT2D eigenvalue weighted by Crippen LogP contribution is 2.14. The molecule has 1 aromatic rings. The van der Waals surface area contributed by atoms with Gasteiger partial charge in [-0.15, -0.1) is 0 Å². The van der Waals surface area contributed by atoms with E-state index in [4.69, 9.17) is 10.4 Å². The summed E-state index contributed by atoms with van der Waals surface area (Å²) in [6.45, 7) is 7.45. The Bertz CT molecular complexity index is 481. The number of Topliss-reactive ketones (excluding diaryl/α,β-unsaturated/α-hetero) is 1. The lowest BCUT2D eigenvalue weighted by molar-refractivity contribution is 0.0853. The van der Waals surface area contributed by atoms with Crippen molar-refractivity contribution in [2.24, 2.45) is 0 Å². The van der Waals surface area contributed by atoms with E-state index in [0.29, 0.717) is 30.6 Å². The molecular weight excluding hydrogens is 252 g/mol. The van der Waals surface area contributed by atoms with Gasteiger partial charge in [-0.2, -0.15) is 5.26 Å². The van der Waals surface area contributed by atoms with Gasteiger partial charge in [-0.1, -0.05) is 12.1 Å². The van der Waals surface area contributed by atoms with Gasteiger partial charge in [0.15, 0.2) is 5.78 Å². The lowest BCUT2D eigenvalue weighted by Crippen LogP contribution is -2.44.